The SMILES string of the molecule is CC(C)(C)NC(=O)Nc1ccc(Sc2ccc(NC(=O)[C@@](C)(O)C(F)(F)F)c(Cl)c2)cc1. The molecule has 0 aliphatic rings. The van der Waals surface area contributed by atoms with Crippen LogP contribution in [0.1, 0.15) is 27.7 Å². The number of nitrogens with one attached hydrogen (secondary N) is 3. The Morgan fingerprint density at radius 3 is 2.00 bits per heavy atom. The Morgan fingerprint density at radius 1 is 0.938 bits per heavy atom. The molecule has 0 fully saturated rings. The van der Waals surface area contributed by atoms with Gasteiger partial charge in [0.1, 0.15) is 0 Å². The number of carbonyl (C=O) groups excluding carboxylic acids is 2. The molecule has 0 radical (unpaired) electrons. The van der Waals surface area contributed by atoms with Crippen molar-refractivity contribution in [3.8, 4) is 0 Å². The number of anilines is 2. The molecule has 1 atom stereocenters. The van der Waals surface area contributed by atoms with Gasteiger partial charge < -0.3 is 21.1 Å². The van der Waals surface area contributed by atoms with E-state index in [1.165, 1.54) is 23.9 Å². The molecule has 3 amide bonds. The molecule has 6 nitrogen and oxygen atoms in total. The third kappa shape index (κ3) is 7.04. The minimum absolute atomic E-state index is 0.0125. The van der Waals surface area contributed by atoms with Crippen LogP contribution in [-0.4, -0.2) is 34.4 Å². The predicted octanol–water partition coefficient (Wildman–Crippen LogP) is 5.66. The fraction of sp³-hybridized carbons (Fsp3) is 0.333. The maximum Gasteiger partial charge on any atom is 0.426 e. The van der Waals surface area contributed by atoms with Gasteiger partial charge in [-0.3, -0.25) is 4.79 Å². The summed E-state index contributed by atoms with van der Waals surface area (Å²) >= 11 is 7.42. The van der Waals surface area contributed by atoms with Gasteiger partial charge >= 0.3 is 12.2 Å². The third-order valence-corrected chi connectivity index (χ3v) is 5.33. The Labute approximate surface area is 192 Å². The predicted molar refractivity (Wildman–Crippen MR) is 119 cm³/mol. The molecule has 2 aromatic carbocycles. The van der Waals surface area contributed by atoms with Crippen LogP contribution in [0, 0.1) is 0 Å². The molecular weight excluding hydrogens is 467 g/mol. The van der Waals surface area contributed by atoms with Gasteiger partial charge in [0.25, 0.3) is 5.91 Å². The highest BCUT2D eigenvalue weighted by Gasteiger charge is 2.55. The Balaban J connectivity index is 2.03. The first-order chi connectivity index (χ1) is 14.6. The number of hydrogen-bond donors (Lipinski definition) is 4. The zero-order chi connectivity index (χ0) is 24.3. The average molecular weight is 490 g/mol. The van der Waals surface area contributed by atoms with E-state index in [0.717, 1.165) is 4.90 Å². The van der Waals surface area contributed by atoms with Gasteiger partial charge in [0, 0.05) is 21.0 Å². The molecule has 2 aromatic rings. The maximum absolute atomic E-state index is 12.8. The topological polar surface area (TPSA) is 90.5 Å². The average Bonchev–Trinajstić information content (AvgIpc) is 2.63. The van der Waals surface area contributed by atoms with Gasteiger partial charge in [-0.05, 0) is 70.2 Å². The van der Waals surface area contributed by atoms with E-state index in [1.807, 2.05) is 26.1 Å². The minimum atomic E-state index is -5.13. The summed E-state index contributed by atoms with van der Waals surface area (Å²) in [5, 5.41) is 17.0. The highest BCUT2D eigenvalue weighted by molar-refractivity contribution is 7.99. The summed E-state index contributed by atoms with van der Waals surface area (Å²) in [6.07, 6.45) is -5.13. The molecule has 0 saturated carbocycles. The normalized spacial score (nSPS) is 13.8. The molecule has 0 spiro atoms. The van der Waals surface area contributed by atoms with E-state index in [-0.39, 0.29) is 22.3 Å². The molecule has 0 aliphatic heterocycles. The molecule has 0 bridgehead atoms. The van der Waals surface area contributed by atoms with E-state index < -0.39 is 17.7 Å². The second kappa shape index (κ2) is 9.60. The van der Waals surface area contributed by atoms with Crippen molar-refractivity contribution < 1.29 is 27.9 Å². The fourth-order valence-electron chi connectivity index (χ4n) is 2.28. The molecule has 0 aliphatic carbocycles. The Kier molecular flexibility index (Phi) is 7.75. The lowest BCUT2D eigenvalue weighted by atomic mass is 10.1. The van der Waals surface area contributed by atoms with Crippen molar-refractivity contribution in [2.75, 3.05) is 10.6 Å². The van der Waals surface area contributed by atoms with Crippen LogP contribution in [-0.2, 0) is 4.79 Å². The molecule has 2 rings (SSSR count). The summed E-state index contributed by atoms with van der Waals surface area (Å²) in [5.74, 6) is -1.63. The van der Waals surface area contributed by atoms with Crippen molar-refractivity contribution in [1.29, 1.82) is 0 Å². The highest BCUT2D eigenvalue weighted by Crippen LogP contribution is 2.35. The second-order valence-electron chi connectivity index (χ2n) is 8.12. The van der Waals surface area contributed by atoms with Crippen molar-refractivity contribution in [3.05, 3.63) is 47.5 Å². The molecule has 0 aromatic heterocycles. The lowest BCUT2D eigenvalue weighted by Gasteiger charge is -2.25. The quantitative estimate of drug-likeness (QED) is 0.436. The van der Waals surface area contributed by atoms with Crippen LogP contribution in [0.4, 0.5) is 29.3 Å². The number of alkyl halides is 3. The summed E-state index contributed by atoms with van der Waals surface area (Å²) in [4.78, 5) is 25.2. The molecule has 0 unspecified atom stereocenters. The van der Waals surface area contributed by atoms with Crippen LogP contribution < -0.4 is 16.0 Å². The standard InChI is InChI=1S/C21H23ClF3N3O3S/c1-19(2,3)28-18(30)26-12-5-7-13(8-6-12)32-14-9-10-16(15(22)11-14)27-17(29)20(4,31)21(23,24)25/h5-11,31H,1-4H3,(H,27,29)(H2,26,28,30)/t20-/m1/s1. The Morgan fingerprint density at radius 2 is 1.50 bits per heavy atom. The molecule has 0 heterocycles. The first-order valence-corrected chi connectivity index (χ1v) is 10.5. The van der Waals surface area contributed by atoms with Gasteiger partial charge in [-0.15, -0.1) is 0 Å². The Hall–Kier alpha value is -2.43. The van der Waals surface area contributed by atoms with Crippen LogP contribution in [0.2, 0.25) is 5.02 Å². The monoisotopic (exact) mass is 489 g/mol. The Bertz CT molecular complexity index is 991. The largest absolute Gasteiger partial charge is 0.426 e. The van der Waals surface area contributed by atoms with Crippen LogP contribution >= 0.6 is 23.4 Å². The highest BCUT2D eigenvalue weighted by atomic mass is 35.5. The van der Waals surface area contributed by atoms with E-state index in [0.29, 0.717) is 17.5 Å². The third-order valence-electron chi connectivity index (χ3n) is 4.02. The van der Waals surface area contributed by atoms with E-state index in [9.17, 15) is 27.9 Å². The molecule has 4 N–H and O–H groups in total. The van der Waals surface area contributed by atoms with Crippen LogP contribution in [0.5, 0.6) is 0 Å². The van der Waals surface area contributed by atoms with E-state index in [1.54, 1.807) is 30.3 Å². The zero-order valence-corrected chi connectivity index (χ0v) is 19.3. The summed E-state index contributed by atoms with van der Waals surface area (Å²) in [6, 6.07) is 11.1. The summed E-state index contributed by atoms with van der Waals surface area (Å²) in [6.45, 7) is 5.97. The lowest BCUT2D eigenvalue weighted by molar-refractivity contribution is -0.242. The first kappa shape index (κ1) is 25.8. The minimum Gasteiger partial charge on any atom is -0.373 e. The van der Waals surface area contributed by atoms with Gasteiger partial charge in [-0.25, -0.2) is 4.79 Å². The van der Waals surface area contributed by atoms with Gasteiger partial charge in [0.05, 0.1) is 10.7 Å². The molecule has 174 valence electrons. The van der Waals surface area contributed by atoms with Gasteiger partial charge in [-0.2, -0.15) is 13.2 Å². The van der Waals surface area contributed by atoms with Crippen LogP contribution in [0.15, 0.2) is 52.3 Å². The van der Waals surface area contributed by atoms with Gasteiger partial charge in [0.15, 0.2) is 0 Å². The first-order valence-electron chi connectivity index (χ1n) is 9.36. The van der Waals surface area contributed by atoms with E-state index in [4.69, 9.17) is 11.6 Å². The molecule has 0 saturated heterocycles. The summed E-state index contributed by atoms with van der Waals surface area (Å²) < 4.78 is 38.4. The summed E-state index contributed by atoms with van der Waals surface area (Å²) in [5.41, 5.74) is -3.38. The number of urea groups is 1. The number of hydrogen-bond acceptors (Lipinski definition) is 4. The zero-order valence-electron chi connectivity index (χ0n) is 17.7. The number of halogens is 4. The lowest BCUT2D eigenvalue weighted by Crippen LogP contribution is -2.52. The molecule has 11 heteroatoms. The van der Waals surface area contributed by atoms with Gasteiger partial charge in [0.2, 0.25) is 5.60 Å². The van der Waals surface area contributed by atoms with E-state index >= 15 is 0 Å². The van der Waals surface area contributed by atoms with Crippen molar-refractivity contribution in [2.24, 2.45) is 0 Å². The maximum atomic E-state index is 12.8. The fourth-order valence-corrected chi connectivity index (χ4v) is 3.43. The molecular formula is C21H23ClF3N3O3S. The van der Waals surface area contributed by atoms with Crippen molar-refractivity contribution >= 4 is 46.7 Å². The second-order valence-corrected chi connectivity index (χ2v) is 9.68. The number of benzene rings is 2. The van der Waals surface area contributed by atoms with Crippen molar-refractivity contribution in [1.82, 2.24) is 5.32 Å². The number of aliphatic hydroxyl groups is 1. The van der Waals surface area contributed by atoms with Crippen molar-refractivity contribution in [2.45, 2.75) is 54.8 Å². The number of rotatable bonds is 5. The smallest absolute Gasteiger partial charge is 0.373 e. The number of carbonyl (C=O) groups is 2. The number of amides is 3. The van der Waals surface area contributed by atoms with E-state index in [2.05, 4.69) is 10.6 Å². The van der Waals surface area contributed by atoms with Crippen LogP contribution in [0.25, 0.3) is 0 Å². The van der Waals surface area contributed by atoms with Crippen LogP contribution in [0.3, 0.4) is 0 Å². The van der Waals surface area contributed by atoms with Crippen molar-refractivity contribution in [3.63, 3.8) is 0 Å². The molecule has 32 heavy (non-hydrogen) atoms. The summed E-state index contributed by atoms with van der Waals surface area (Å²) in [7, 11) is 0. The van der Waals surface area contributed by atoms with Gasteiger partial charge in [-0.1, -0.05) is 23.4 Å².